The first-order valence-electron chi connectivity index (χ1n) is 8.79. The third kappa shape index (κ3) is 3.99. The highest BCUT2D eigenvalue weighted by molar-refractivity contribution is 6.30. The molecule has 1 aromatic carbocycles. The van der Waals surface area contributed by atoms with Crippen LogP contribution >= 0.6 is 11.6 Å². The van der Waals surface area contributed by atoms with E-state index in [-0.39, 0.29) is 0 Å². The van der Waals surface area contributed by atoms with Gasteiger partial charge in [-0.25, -0.2) is 0 Å². The minimum atomic E-state index is 0.783. The van der Waals surface area contributed by atoms with Crippen LogP contribution in [0.15, 0.2) is 30.3 Å². The molecule has 3 rings (SSSR count). The van der Waals surface area contributed by atoms with Crippen molar-refractivity contribution in [2.24, 2.45) is 5.92 Å². The van der Waals surface area contributed by atoms with Crippen LogP contribution in [-0.2, 0) is 6.54 Å². The number of aryl methyl sites for hydroxylation is 1. The molecule has 0 bridgehead atoms. The average Bonchev–Trinajstić information content (AvgIpc) is 2.84. The van der Waals surface area contributed by atoms with E-state index in [1.165, 1.54) is 54.7 Å². The first kappa shape index (κ1) is 16.6. The molecule has 1 aromatic heterocycles. The van der Waals surface area contributed by atoms with Gasteiger partial charge in [0.1, 0.15) is 0 Å². The Hall–Kier alpha value is -1.25. The van der Waals surface area contributed by atoms with Crippen LogP contribution in [0.4, 0.5) is 0 Å². The fourth-order valence-electron chi connectivity index (χ4n) is 3.80. The smallest absolute Gasteiger partial charge is 0.0456 e. The number of hydrogen-bond donors (Lipinski definition) is 1. The van der Waals surface area contributed by atoms with Crippen molar-refractivity contribution in [1.82, 2.24) is 9.88 Å². The SMILES string of the molecule is Cc1cc(CNCC2CCCCC2)c(C)n1-c1ccc(Cl)cc1. The predicted molar refractivity (Wildman–Crippen MR) is 98.5 cm³/mol. The van der Waals surface area contributed by atoms with Crippen LogP contribution < -0.4 is 5.32 Å². The average molecular weight is 331 g/mol. The van der Waals surface area contributed by atoms with Gasteiger partial charge >= 0.3 is 0 Å². The Bertz CT molecular complexity index is 636. The molecule has 0 radical (unpaired) electrons. The molecule has 0 saturated heterocycles. The van der Waals surface area contributed by atoms with Crippen LogP contribution in [0.25, 0.3) is 5.69 Å². The van der Waals surface area contributed by atoms with Crippen LogP contribution in [0.1, 0.15) is 49.1 Å². The van der Waals surface area contributed by atoms with Gasteiger partial charge in [0, 0.05) is 28.6 Å². The highest BCUT2D eigenvalue weighted by Gasteiger charge is 2.14. The summed E-state index contributed by atoms with van der Waals surface area (Å²) in [6, 6.07) is 10.4. The minimum Gasteiger partial charge on any atom is -0.318 e. The molecule has 1 saturated carbocycles. The fourth-order valence-corrected chi connectivity index (χ4v) is 3.92. The van der Waals surface area contributed by atoms with E-state index in [0.717, 1.165) is 24.0 Å². The Morgan fingerprint density at radius 3 is 2.48 bits per heavy atom. The van der Waals surface area contributed by atoms with Gasteiger partial charge < -0.3 is 9.88 Å². The van der Waals surface area contributed by atoms with Crippen molar-refractivity contribution < 1.29 is 0 Å². The van der Waals surface area contributed by atoms with Gasteiger partial charge in [-0.2, -0.15) is 0 Å². The van der Waals surface area contributed by atoms with E-state index in [9.17, 15) is 0 Å². The van der Waals surface area contributed by atoms with Gasteiger partial charge in [0.25, 0.3) is 0 Å². The highest BCUT2D eigenvalue weighted by atomic mass is 35.5. The van der Waals surface area contributed by atoms with Crippen LogP contribution in [0, 0.1) is 19.8 Å². The zero-order chi connectivity index (χ0) is 16.2. The lowest BCUT2D eigenvalue weighted by Gasteiger charge is -2.21. The van der Waals surface area contributed by atoms with E-state index < -0.39 is 0 Å². The normalized spacial score (nSPS) is 16.0. The molecular weight excluding hydrogens is 304 g/mol. The molecular formula is C20H27ClN2. The van der Waals surface area contributed by atoms with Gasteiger partial charge in [-0.3, -0.25) is 0 Å². The van der Waals surface area contributed by atoms with E-state index >= 15 is 0 Å². The number of halogens is 1. The Morgan fingerprint density at radius 2 is 1.78 bits per heavy atom. The molecule has 0 spiro atoms. The van der Waals surface area contributed by atoms with E-state index in [0.29, 0.717) is 0 Å². The third-order valence-electron chi connectivity index (χ3n) is 5.09. The molecule has 3 heteroatoms. The number of benzene rings is 1. The van der Waals surface area contributed by atoms with E-state index in [2.05, 4.69) is 41.9 Å². The number of hydrogen-bond acceptors (Lipinski definition) is 1. The van der Waals surface area contributed by atoms with Gasteiger partial charge in [-0.05, 0) is 75.0 Å². The zero-order valence-electron chi connectivity index (χ0n) is 14.2. The molecule has 0 atom stereocenters. The van der Waals surface area contributed by atoms with E-state index in [1.807, 2.05) is 12.1 Å². The quantitative estimate of drug-likeness (QED) is 0.774. The second kappa shape index (κ2) is 7.55. The third-order valence-corrected chi connectivity index (χ3v) is 5.35. The molecule has 0 amide bonds. The number of aromatic nitrogens is 1. The van der Waals surface area contributed by atoms with Crippen LogP contribution in [0.3, 0.4) is 0 Å². The maximum absolute atomic E-state index is 6.01. The molecule has 1 N–H and O–H groups in total. The Balaban J connectivity index is 1.66. The van der Waals surface area contributed by atoms with Crippen molar-refractivity contribution in [3.8, 4) is 5.69 Å². The summed E-state index contributed by atoms with van der Waals surface area (Å²) in [6.45, 7) is 6.50. The van der Waals surface area contributed by atoms with E-state index in [1.54, 1.807) is 0 Å². The molecule has 2 aromatic rings. The van der Waals surface area contributed by atoms with Crippen molar-refractivity contribution in [3.63, 3.8) is 0 Å². The summed E-state index contributed by atoms with van der Waals surface area (Å²) in [5.74, 6) is 0.878. The molecule has 23 heavy (non-hydrogen) atoms. The Kier molecular flexibility index (Phi) is 5.45. The summed E-state index contributed by atoms with van der Waals surface area (Å²) in [7, 11) is 0. The molecule has 0 unspecified atom stereocenters. The lowest BCUT2D eigenvalue weighted by atomic mass is 9.89. The van der Waals surface area contributed by atoms with Crippen molar-refractivity contribution in [1.29, 1.82) is 0 Å². The highest BCUT2D eigenvalue weighted by Crippen LogP contribution is 2.24. The van der Waals surface area contributed by atoms with Gasteiger partial charge in [-0.1, -0.05) is 30.9 Å². The molecule has 2 nitrogen and oxygen atoms in total. The molecule has 1 aliphatic carbocycles. The first-order chi connectivity index (χ1) is 11.1. The maximum atomic E-state index is 6.01. The first-order valence-corrected chi connectivity index (χ1v) is 9.17. The van der Waals surface area contributed by atoms with Crippen molar-refractivity contribution >= 4 is 11.6 Å². The van der Waals surface area contributed by atoms with Crippen LogP contribution in [0.2, 0.25) is 5.02 Å². The van der Waals surface area contributed by atoms with E-state index in [4.69, 9.17) is 11.6 Å². The van der Waals surface area contributed by atoms with Gasteiger partial charge in [0.15, 0.2) is 0 Å². The fraction of sp³-hybridized carbons (Fsp3) is 0.500. The predicted octanol–water partition coefficient (Wildman–Crippen LogP) is 5.42. The summed E-state index contributed by atoms with van der Waals surface area (Å²) in [4.78, 5) is 0. The van der Waals surface area contributed by atoms with Gasteiger partial charge in [0.2, 0.25) is 0 Å². The molecule has 1 fully saturated rings. The van der Waals surface area contributed by atoms with Crippen LogP contribution in [0.5, 0.6) is 0 Å². The summed E-state index contributed by atoms with van der Waals surface area (Å²) in [5.41, 5.74) is 5.18. The lowest BCUT2D eigenvalue weighted by Crippen LogP contribution is -2.24. The second-order valence-corrected chi connectivity index (χ2v) is 7.28. The molecule has 0 aliphatic heterocycles. The number of nitrogens with zero attached hydrogens (tertiary/aromatic N) is 1. The number of nitrogens with one attached hydrogen (secondary N) is 1. The molecule has 1 aliphatic rings. The molecule has 124 valence electrons. The van der Waals surface area contributed by atoms with Gasteiger partial charge in [0.05, 0.1) is 0 Å². The summed E-state index contributed by atoms with van der Waals surface area (Å²) < 4.78 is 2.31. The summed E-state index contributed by atoms with van der Waals surface area (Å²) in [5, 5.41) is 4.46. The number of rotatable bonds is 5. The minimum absolute atomic E-state index is 0.783. The topological polar surface area (TPSA) is 17.0 Å². The zero-order valence-corrected chi connectivity index (χ0v) is 15.0. The van der Waals surface area contributed by atoms with Crippen molar-refractivity contribution in [3.05, 3.63) is 52.3 Å². The maximum Gasteiger partial charge on any atom is 0.0456 e. The summed E-state index contributed by atoms with van der Waals surface area (Å²) >= 11 is 6.01. The van der Waals surface area contributed by atoms with Crippen LogP contribution in [-0.4, -0.2) is 11.1 Å². The second-order valence-electron chi connectivity index (χ2n) is 6.84. The monoisotopic (exact) mass is 330 g/mol. The Labute approximate surface area is 144 Å². The van der Waals surface area contributed by atoms with Crippen molar-refractivity contribution in [2.75, 3.05) is 6.54 Å². The molecule has 1 heterocycles. The van der Waals surface area contributed by atoms with Gasteiger partial charge in [-0.15, -0.1) is 0 Å². The largest absolute Gasteiger partial charge is 0.318 e. The standard InChI is InChI=1S/C20H27ClN2/c1-15-12-18(14-22-13-17-6-4-3-5-7-17)16(2)23(15)20-10-8-19(21)9-11-20/h8-12,17,22H,3-7,13-14H2,1-2H3. The Morgan fingerprint density at radius 1 is 1.09 bits per heavy atom. The van der Waals surface area contributed by atoms with Crippen molar-refractivity contribution in [2.45, 2.75) is 52.5 Å². The summed E-state index contributed by atoms with van der Waals surface area (Å²) in [6.07, 6.45) is 7.06. The lowest BCUT2D eigenvalue weighted by molar-refractivity contribution is 0.342.